The maximum Gasteiger partial charge on any atom is 0.182 e. The Kier molecular flexibility index (Phi) is 4.03. The van der Waals surface area contributed by atoms with Crippen LogP contribution in [0.15, 0.2) is 18.2 Å². The number of rotatable bonds is 5. The number of aromatic nitrogens is 4. The monoisotopic (exact) mass is 287 g/mol. The Morgan fingerprint density at radius 2 is 2.14 bits per heavy atom. The number of benzene rings is 1. The van der Waals surface area contributed by atoms with Crippen LogP contribution in [-0.2, 0) is 6.54 Å². The molecule has 0 unspecified atom stereocenters. The lowest BCUT2D eigenvalue weighted by molar-refractivity contribution is 0.417. The zero-order chi connectivity index (χ0) is 14.7. The van der Waals surface area contributed by atoms with Gasteiger partial charge >= 0.3 is 0 Å². The van der Waals surface area contributed by atoms with Gasteiger partial charge in [-0.1, -0.05) is 25.7 Å². The quantitative estimate of drug-likeness (QED) is 0.855. The van der Waals surface area contributed by atoms with Gasteiger partial charge in [-0.05, 0) is 41.0 Å². The molecule has 0 spiro atoms. The van der Waals surface area contributed by atoms with Crippen molar-refractivity contribution in [2.75, 3.05) is 12.8 Å². The summed E-state index contributed by atoms with van der Waals surface area (Å²) in [5.41, 5.74) is 7.39. The van der Waals surface area contributed by atoms with Crippen LogP contribution < -0.4 is 10.5 Å². The molecule has 1 fully saturated rings. The number of nitrogen functional groups attached to an aromatic ring is 1. The Bertz CT molecular complexity index is 604. The normalized spacial score (nSPS) is 15.5. The lowest BCUT2D eigenvalue weighted by atomic mass is 10.0. The molecule has 2 aromatic rings. The molecule has 1 aliphatic rings. The largest absolute Gasteiger partial charge is 0.495 e. The number of aryl methyl sites for hydroxylation is 1. The van der Waals surface area contributed by atoms with Crippen molar-refractivity contribution in [3.63, 3.8) is 0 Å². The molecule has 2 N–H and O–H groups in total. The van der Waals surface area contributed by atoms with Gasteiger partial charge in [0, 0.05) is 12.1 Å². The van der Waals surface area contributed by atoms with Crippen LogP contribution in [0.4, 0.5) is 5.69 Å². The van der Waals surface area contributed by atoms with Gasteiger partial charge in [-0.15, -0.1) is 5.10 Å². The molecule has 6 nitrogen and oxygen atoms in total. The van der Waals surface area contributed by atoms with E-state index in [1.54, 1.807) is 7.11 Å². The minimum atomic E-state index is 0.617. The first-order chi connectivity index (χ1) is 10.3. The van der Waals surface area contributed by atoms with E-state index >= 15 is 0 Å². The number of tetrazole rings is 1. The molecule has 1 saturated carbocycles. The van der Waals surface area contributed by atoms with Crippen molar-refractivity contribution < 1.29 is 4.74 Å². The highest BCUT2D eigenvalue weighted by Crippen LogP contribution is 2.30. The second-order valence-corrected chi connectivity index (χ2v) is 5.62. The van der Waals surface area contributed by atoms with Crippen molar-refractivity contribution in [3.8, 4) is 17.1 Å². The number of nitrogens with zero attached hydrogens (tertiary/aromatic N) is 4. The molecule has 6 heteroatoms. The van der Waals surface area contributed by atoms with E-state index in [-0.39, 0.29) is 0 Å². The van der Waals surface area contributed by atoms with Crippen LogP contribution in [0.5, 0.6) is 5.75 Å². The minimum absolute atomic E-state index is 0.617. The van der Waals surface area contributed by atoms with Crippen LogP contribution in [0, 0.1) is 5.92 Å². The van der Waals surface area contributed by atoms with Gasteiger partial charge in [0.1, 0.15) is 5.75 Å². The predicted molar refractivity (Wildman–Crippen MR) is 80.8 cm³/mol. The maximum absolute atomic E-state index is 5.85. The van der Waals surface area contributed by atoms with Gasteiger partial charge in [0.05, 0.1) is 12.8 Å². The van der Waals surface area contributed by atoms with Gasteiger partial charge in [0.2, 0.25) is 0 Å². The summed E-state index contributed by atoms with van der Waals surface area (Å²) in [5, 5.41) is 12.1. The number of methoxy groups -OCH3 is 1. The second kappa shape index (κ2) is 6.11. The van der Waals surface area contributed by atoms with Crippen molar-refractivity contribution in [2.45, 2.75) is 38.6 Å². The SMILES string of the molecule is COc1cc(-c2nnnn2CCC2CCCC2)ccc1N. The lowest BCUT2D eigenvalue weighted by Gasteiger charge is -2.10. The number of hydrogen-bond donors (Lipinski definition) is 1. The fraction of sp³-hybridized carbons (Fsp3) is 0.533. The van der Waals surface area contributed by atoms with Crippen LogP contribution >= 0.6 is 0 Å². The van der Waals surface area contributed by atoms with Gasteiger partial charge in [-0.25, -0.2) is 4.68 Å². The van der Waals surface area contributed by atoms with Crippen LogP contribution in [0.25, 0.3) is 11.4 Å². The summed E-state index contributed by atoms with van der Waals surface area (Å²) in [6.07, 6.45) is 6.55. The number of anilines is 1. The van der Waals surface area contributed by atoms with Crippen LogP contribution in [-0.4, -0.2) is 27.3 Å². The Labute approximate surface area is 124 Å². The molecule has 1 aromatic carbocycles. The average Bonchev–Trinajstić information content (AvgIpc) is 3.17. The zero-order valence-corrected chi connectivity index (χ0v) is 12.3. The first kappa shape index (κ1) is 13.9. The Morgan fingerprint density at radius 1 is 1.33 bits per heavy atom. The average molecular weight is 287 g/mol. The number of nitrogens with two attached hydrogens (primary N) is 1. The molecule has 112 valence electrons. The fourth-order valence-corrected chi connectivity index (χ4v) is 3.02. The number of ether oxygens (including phenoxy) is 1. The van der Waals surface area contributed by atoms with E-state index in [0.29, 0.717) is 11.4 Å². The first-order valence-electron chi connectivity index (χ1n) is 7.48. The van der Waals surface area contributed by atoms with Crippen molar-refractivity contribution in [2.24, 2.45) is 5.92 Å². The topological polar surface area (TPSA) is 78.9 Å². The standard InChI is InChI=1S/C15H21N5O/c1-21-14-10-12(6-7-13(14)16)15-17-18-19-20(15)9-8-11-4-2-3-5-11/h6-7,10-11H,2-5,8-9,16H2,1H3. The van der Waals surface area contributed by atoms with E-state index < -0.39 is 0 Å². The minimum Gasteiger partial charge on any atom is -0.495 e. The smallest absolute Gasteiger partial charge is 0.182 e. The Balaban J connectivity index is 1.77. The molecule has 0 aliphatic heterocycles. The summed E-state index contributed by atoms with van der Waals surface area (Å²) in [5.74, 6) is 2.24. The molecule has 0 bridgehead atoms. The summed E-state index contributed by atoms with van der Waals surface area (Å²) in [7, 11) is 1.61. The molecule has 21 heavy (non-hydrogen) atoms. The van der Waals surface area contributed by atoms with Crippen molar-refractivity contribution in [3.05, 3.63) is 18.2 Å². The van der Waals surface area contributed by atoms with E-state index in [2.05, 4.69) is 15.5 Å². The maximum atomic E-state index is 5.85. The van der Waals surface area contributed by atoms with Crippen LogP contribution in [0.1, 0.15) is 32.1 Å². The fourth-order valence-electron chi connectivity index (χ4n) is 3.02. The zero-order valence-electron chi connectivity index (χ0n) is 12.3. The second-order valence-electron chi connectivity index (χ2n) is 5.62. The molecule has 1 aliphatic carbocycles. The highest BCUT2D eigenvalue weighted by atomic mass is 16.5. The summed E-state index contributed by atoms with van der Waals surface area (Å²) in [6.45, 7) is 0.861. The molecule has 1 aromatic heterocycles. The first-order valence-corrected chi connectivity index (χ1v) is 7.48. The molecule has 0 atom stereocenters. The van der Waals surface area contributed by atoms with Gasteiger partial charge in [0.25, 0.3) is 0 Å². The number of hydrogen-bond acceptors (Lipinski definition) is 5. The van der Waals surface area contributed by atoms with Crippen molar-refractivity contribution >= 4 is 5.69 Å². The van der Waals surface area contributed by atoms with Gasteiger partial charge in [-0.2, -0.15) is 0 Å². The van der Waals surface area contributed by atoms with E-state index in [9.17, 15) is 0 Å². The summed E-state index contributed by atoms with van der Waals surface area (Å²) >= 11 is 0. The van der Waals surface area contributed by atoms with Gasteiger partial charge in [0.15, 0.2) is 5.82 Å². The third-order valence-corrected chi connectivity index (χ3v) is 4.25. The highest BCUT2D eigenvalue weighted by Gasteiger charge is 2.17. The summed E-state index contributed by atoms with van der Waals surface area (Å²) in [4.78, 5) is 0. The Hall–Kier alpha value is -2.11. The van der Waals surface area contributed by atoms with Gasteiger partial charge in [-0.3, -0.25) is 0 Å². The summed E-state index contributed by atoms with van der Waals surface area (Å²) in [6, 6.07) is 5.63. The van der Waals surface area contributed by atoms with E-state index in [1.165, 1.54) is 25.7 Å². The lowest BCUT2D eigenvalue weighted by Crippen LogP contribution is -2.07. The van der Waals surface area contributed by atoms with Crippen molar-refractivity contribution in [1.82, 2.24) is 20.2 Å². The Morgan fingerprint density at radius 3 is 2.90 bits per heavy atom. The van der Waals surface area contributed by atoms with E-state index in [4.69, 9.17) is 10.5 Å². The summed E-state index contributed by atoms with van der Waals surface area (Å²) < 4.78 is 7.14. The molecule has 1 heterocycles. The van der Waals surface area contributed by atoms with Crippen LogP contribution in [0.3, 0.4) is 0 Å². The highest BCUT2D eigenvalue weighted by molar-refractivity contribution is 5.65. The molecule has 0 saturated heterocycles. The van der Waals surface area contributed by atoms with Crippen LogP contribution in [0.2, 0.25) is 0 Å². The third kappa shape index (κ3) is 2.99. The molecule has 3 rings (SSSR count). The van der Waals surface area contributed by atoms with E-state index in [1.807, 2.05) is 22.9 Å². The molecular weight excluding hydrogens is 266 g/mol. The third-order valence-electron chi connectivity index (χ3n) is 4.25. The van der Waals surface area contributed by atoms with Gasteiger partial charge < -0.3 is 10.5 Å². The molecular formula is C15H21N5O. The predicted octanol–water partition coefficient (Wildman–Crippen LogP) is 2.51. The van der Waals surface area contributed by atoms with Crippen molar-refractivity contribution in [1.29, 1.82) is 0 Å². The van der Waals surface area contributed by atoms with E-state index in [0.717, 1.165) is 30.3 Å². The molecule has 0 radical (unpaired) electrons. The molecule has 0 amide bonds.